The molecule has 1 saturated carbocycles. The van der Waals surface area contributed by atoms with Gasteiger partial charge in [-0.3, -0.25) is 4.79 Å². The van der Waals surface area contributed by atoms with Gasteiger partial charge in [-0.15, -0.1) is 0 Å². The van der Waals surface area contributed by atoms with Crippen LogP contribution in [0.1, 0.15) is 32.6 Å². The smallest absolute Gasteiger partial charge is 0.243 e. The zero-order valence-electron chi connectivity index (χ0n) is 9.91. The fourth-order valence-corrected chi connectivity index (χ4v) is 2.10. The molecule has 3 nitrogen and oxygen atoms in total. The minimum atomic E-state index is -0.0853. The minimum absolute atomic E-state index is 0.0654. The molecule has 1 rings (SSSR count). The quantitative estimate of drug-likeness (QED) is 0.551. The highest BCUT2D eigenvalue weighted by molar-refractivity contribution is 5.87. The number of aliphatic hydroxyl groups excluding tert-OH is 1. The molecule has 0 aromatic heterocycles. The molecule has 16 heavy (non-hydrogen) atoms. The van der Waals surface area contributed by atoms with E-state index in [0.29, 0.717) is 6.54 Å². The van der Waals surface area contributed by atoms with Crippen molar-refractivity contribution in [1.29, 1.82) is 0 Å². The monoisotopic (exact) mass is 223 g/mol. The Kier molecular flexibility index (Phi) is 5.26. The predicted octanol–water partition coefficient (Wildman–Crippen LogP) is 1.79. The number of allylic oxidation sites excluding steroid dienone is 3. The maximum absolute atomic E-state index is 11.4. The molecule has 0 aliphatic heterocycles. The van der Waals surface area contributed by atoms with E-state index in [1.807, 2.05) is 19.1 Å². The molecule has 0 unspecified atom stereocenters. The van der Waals surface area contributed by atoms with Crippen molar-refractivity contribution < 1.29 is 9.90 Å². The average Bonchev–Trinajstić information content (AvgIpc) is 2.76. The first-order chi connectivity index (χ1) is 7.72. The number of carbonyl (C=O) groups excluding carboxylic acids is 1. The van der Waals surface area contributed by atoms with Crippen LogP contribution >= 0.6 is 0 Å². The van der Waals surface area contributed by atoms with Crippen LogP contribution in [0.4, 0.5) is 0 Å². The van der Waals surface area contributed by atoms with Crippen molar-refractivity contribution in [2.45, 2.75) is 32.6 Å². The van der Waals surface area contributed by atoms with Crippen molar-refractivity contribution in [3.05, 3.63) is 24.3 Å². The third-order valence-corrected chi connectivity index (χ3v) is 3.19. The topological polar surface area (TPSA) is 49.3 Å². The molecule has 90 valence electrons. The minimum Gasteiger partial charge on any atom is -0.396 e. The Labute approximate surface area is 97.2 Å². The molecule has 0 spiro atoms. The molecule has 0 aromatic carbocycles. The molecule has 1 fully saturated rings. The predicted molar refractivity (Wildman–Crippen MR) is 65.0 cm³/mol. The van der Waals surface area contributed by atoms with Crippen LogP contribution in [0.3, 0.4) is 0 Å². The highest BCUT2D eigenvalue weighted by Gasteiger charge is 2.33. The van der Waals surface area contributed by atoms with Crippen LogP contribution in [-0.4, -0.2) is 24.2 Å². The molecule has 1 aliphatic rings. The second-order valence-corrected chi connectivity index (χ2v) is 4.47. The van der Waals surface area contributed by atoms with Crippen LogP contribution < -0.4 is 5.32 Å². The zero-order valence-corrected chi connectivity index (χ0v) is 9.91. The van der Waals surface area contributed by atoms with Crippen LogP contribution in [0.15, 0.2) is 24.3 Å². The Morgan fingerprint density at radius 2 is 2.06 bits per heavy atom. The van der Waals surface area contributed by atoms with Gasteiger partial charge in [0.1, 0.15) is 0 Å². The van der Waals surface area contributed by atoms with Crippen LogP contribution in [0.25, 0.3) is 0 Å². The van der Waals surface area contributed by atoms with Crippen LogP contribution in [0.2, 0.25) is 0 Å². The van der Waals surface area contributed by atoms with E-state index in [2.05, 4.69) is 5.32 Å². The molecule has 0 heterocycles. The van der Waals surface area contributed by atoms with Gasteiger partial charge in [0.2, 0.25) is 5.91 Å². The van der Waals surface area contributed by atoms with E-state index in [0.717, 1.165) is 25.7 Å². The zero-order chi connectivity index (χ0) is 11.9. The van der Waals surface area contributed by atoms with Gasteiger partial charge in [0.25, 0.3) is 0 Å². The molecule has 1 aliphatic carbocycles. The van der Waals surface area contributed by atoms with Gasteiger partial charge in [0, 0.05) is 18.0 Å². The Morgan fingerprint density at radius 1 is 1.38 bits per heavy atom. The molecular formula is C13H21NO2. The number of carbonyl (C=O) groups is 1. The summed E-state index contributed by atoms with van der Waals surface area (Å²) >= 11 is 0. The van der Waals surface area contributed by atoms with Crippen molar-refractivity contribution in [2.24, 2.45) is 5.41 Å². The summed E-state index contributed by atoms with van der Waals surface area (Å²) in [5.74, 6) is -0.0853. The van der Waals surface area contributed by atoms with Crippen molar-refractivity contribution in [3.63, 3.8) is 0 Å². The number of hydrogen-bond donors (Lipinski definition) is 2. The number of aliphatic hydroxyl groups is 1. The summed E-state index contributed by atoms with van der Waals surface area (Å²) < 4.78 is 0. The number of amides is 1. The summed E-state index contributed by atoms with van der Waals surface area (Å²) in [5.41, 5.74) is -0.0654. The Balaban J connectivity index is 2.35. The number of hydrogen-bond acceptors (Lipinski definition) is 2. The molecule has 0 saturated heterocycles. The van der Waals surface area contributed by atoms with Crippen molar-refractivity contribution in [3.8, 4) is 0 Å². The molecular weight excluding hydrogens is 202 g/mol. The lowest BCUT2D eigenvalue weighted by Gasteiger charge is -2.26. The fourth-order valence-electron chi connectivity index (χ4n) is 2.10. The summed E-state index contributed by atoms with van der Waals surface area (Å²) in [4.78, 5) is 11.4. The highest BCUT2D eigenvalue weighted by atomic mass is 16.3. The number of nitrogens with one attached hydrogen (secondary N) is 1. The summed E-state index contributed by atoms with van der Waals surface area (Å²) in [7, 11) is 0. The van der Waals surface area contributed by atoms with Gasteiger partial charge in [0.15, 0.2) is 0 Å². The lowest BCUT2D eigenvalue weighted by molar-refractivity contribution is -0.117. The summed E-state index contributed by atoms with van der Waals surface area (Å²) in [6, 6.07) is 0. The maximum Gasteiger partial charge on any atom is 0.243 e. The molecule has 0 aromatic rings. The van der Waals surface area contributed by atoms with Crippen LogP contribution in [0, 0.1) is 5.41 Å². The molecule has 1 amide bonds. The molecule has 0 radical (unpaired) electrons. The second-order valence-electron chi connectivity index (χ2n) is 4.47. The average molecular weight is 223 g/mol. The van der Waals surface area contributed by atoms with Crippen molar-refractivity contribution in [1.82, 2.24) is 5.32 Å². The van der Waals surface area contributed by atoms with Gasteiger partial charge in [-0.25, -0.2) is 0 Å². The van der Waals surface area contributed by atoms with E-state index in [9.17, 15) is 9.90 Å². The highest BCUT2D eigenvalue weighted by Crippen LogP contribution is 2.36. The Morgan fingerprint density at radius 3 is 2.62 bits per heavy atom. The SMILES string of the molecule is CC=CC=CC(=O)NCC1(CO)CCCC1. The van der Waals surface area contributed by atoms with E-state index in [1.165, 1.54) is 6.08 Å². The van der Waals surface area contributed by atoms with Gasteiger partial charge in [0.05, 0.1) is 6.61 Å². The molecule has 0 bridgehead atoms. The summed E-state index contributed by atoms with van der Waals surface area (Å²) in [6.07, 6.45) is 11.3. The van der Waals surface area contributed by atoms with E-state index in [-0.39, 0.29) is 17.9 Å². The maximum atomic E-state index is 11.4. The lowest BCUT2D eigenvalue weighted by Crippen LogP contribution is -2.37. The van der Waals surface area contributed by atoms with E-state index in [1.54, 1.807) is 6.08 Å². The standard InChI is InChI=1S/C13H21NO2/c1-2-3-4-7-12(16)14-10-13(11-15)8-5-6-9-13/h2-4,7,15H,5-6,8-11H2,1H3,(H,14,16). The van der Waals surface area contributed by atoms with Gasteiger partial charge in [-0.05, 0) is 19.8 Å². The van der Waals surface area contributed by atoms with Crippen LogP contribution in [0.5, 0.6) is 0 Å². The Hall–Kier alpha value is -1.09. The second kappa shape index (κ2) is 6.48. The third kappa shape index (κ3) is 3.81. The summed E-state index contributed by atoms with van der Waals surface area (Å²) in [6.45, 7) is 2.66. The van der Waals surface area contributed by atoms with Gasteiger partial charge < -0.3 is 10.4 Å². The van der Waals surface area contributed by atoms with Crippen molar-refractivity contribution in [2.75, 3.05) is 13.2 Å². The largest absolute Gasteiger partial charge is 0.396 e. The lowest BCUT2D eigenvalue weighted by atomic mass is 9.87. The van der Waals surface area contributed by atoms with Gasteiger partial charge >= 0.3 is 0 Å². The molecule has 0 atom stereocenters. The first-order valence-electron chi connectivity index (χ1n) is 5.90. The van der Waals surface area contributed by atoms with E-state index < -0.39 is 0 Å². The van der Waals surface area contributed by atoms with Gasteiger partial charge in [-0.1, -0.05) is 31.1 Å². The van der Waals surface area contributed by atoms with E-state index >= 15 is 0 Å². The third-order valence-electron chi connectivity index (χ3n) is 3.19. The molecule has 3 heteroatoms. The van der Waals surface area contributed by atoms with Crippen LogP contribution in [-0.2, 0) is 4.79 Å². The Bertz CT molecular complexity index is 276. The van der Waals surface area contributed by atoms with Gasteiger partial charge in [-0.2, -0.15) is 0 Å². The fraction of sp³-hybridized carbons (Fsp3) is 0.615. The normalized spacial score (nSPS) is 19.6. The van der Waals surface area contributed by atoms with Crippen molar-refractivity contribution >= 4 is 5.91 Å². The van der Waals surface area contributed by atoms with E-state index in [4.69, 9.17) is 0 Å². The first-order valence-corrected chi connectivity index (χ1v) is 5.90. The number of rotatable bonds is 5. The molecule has 2 N–H and O–H groups in total. The first kappa shape index (κ1) is 13.0. The summed E-state index contributed by atoms with van der Waals surface area (Å²) in [5, 5.41) is 12.2.